The summed E-state index contributed by atoms with van der Waals surface area (Å²) in [7, 11) is -2.30. The third kappa shape index (κ3) is 5.17. The van der Waals surface area contributed by atoms with Crippen LogP contribution in [0.1, 0.15) is 53.9 Å². The van der Waals surface area contributed by atoms with Crippen LogP contribution in [0.2, 0.25) is 0 Å². The normalized spacial score (nSPS) is 14.9. The summed E-state index contributed by atoms with van der Waals surface area (Å²) in [6.45, 7) is 0. The number of rotatable bonds is 6. The van der Waals surface area contributed by atoms with E-state index >= 15 is 0 Å². The number of aromatic nitrogens is 4. The fraction of sp³-hybridized carbons (Fsp3) is 0.333. The Balaban J connectivity index is 1.59. The van der Waals surface area contributed by atoms with Crippen molar-refractivity contribution >= 4 is 33.4 Å². The Bertz CT molecular complexity index is 1220. The highest BCUT2D eigenvalue weighted by Crippen LogP contribution is 2.33. The highest BCUT2D eigenvalue weighted by atomic mass is 32.2. The molecule has 11 heteroatoms. The molecule has 1 heterocycles. The first-order valence-electron chi connectivity index (χ1n) is 10.3. The van der Waals surface area contributed by atoms with Crippen molar-refractivity contribution in [3.63, 3.8) is 0 Å². The minimum Gasteiger partial charge on any atom is -0.322 e. The van der Waals surface area contributed by atoms with Gasteiger partial charge in [-0.3, -0.25) is 4.79 Å². The van der Waals surface area contributed by atoms with Crippen LogP contribution in [-0.4, -0.2) is 34.5 Å². The Morgan fingerprint density at radius 3 is 2.47 bits per heavy atom. The van der Waals surface area contributed by atoms with Crippen LogP contribution in [0.15, 0.2) is 57.4 Å². The number of nitrogens with two attached hydrogens (primary N) is 1. The second-order valence-electron chi connectivity index (χ2n) is 7.80. The maximum absolute atomic E-state index is 13.1. The van der Waals surface area contributed by atoms with E-state index in [0.717, 1.165) is 11.8 Å². The summed E-state index contributed by atoms with van der Waals surface area (Å²) in [5.74, 6) is 0.126. The first-order valence-corrected chi connectivity index (χ1v) is 12.7. The average Bonchev–Trinajstić information content (AvgIpc) is 3.18. The molecule has 0 aliphatic heterocycles. The molecule has 168 valence electrons. The lowest BCUT2D eigenvalue weighted by Gasteiger charge is -2.22. The molecule has 1 fully saturated rings. The first kappa shape index (κ1) is 22.4. The topological polar surface area (TPSA) is 133 Å². The van der Waals surface area contributed by atoms with Crippen LogP contribution >= 0.6 is 11.8 Å². The Kier molecular flexibility index (Phi) is 6.58. The van der Waals surface area contributed by atoms with E-state index < -0.39 is 15.9 Å². The quantitative estimate of drug-likeness (QED) is 0.562. The predicted molar refractivity (Wildman–Crippen MR) is 121 cm³/mol. The van der Waals surface area contributed by atoms with Gasteiger partial charge in [-0.05, 0) is 76.8 Å². The number of nitrogens with zero attached hydrogens (tertiary/aromatic N) is 4. The van der Waals surface area contributed by atoms with E-state index in [2.05, 4.69) is 20.8 Å². The maximum atomic E-state index is 13.1. The summed E-state index contributed by atoms with van der Waals surface area (Å²) in [6, 6.07) is 12.0. The molecule has 1 saturated carbocycles. The molecule has 3 aromatic rings. The molecule has 2 aromatic carbocycles. The Hall–Kier alpha value is -2.76. The van der Waals surface area contributed by atoms with E-state index in [-0.39, 0.29) is 10.5 Å². The van der Waals surface area contributed by atoms with Gasteiger partial charge in [0.2, 0.25) is 15.2 Å². The van der Waals surface area contributed by atoms with Gasteiger partial charge in [-0.15, -0.1) is 5.10 Å². The molecule has 0 radical (unpaired) electrons. The molecule has 32 heavy (non-hydrogen) atoms. The number of tetrazole rings is 1. The molecule has 0 bridgehead atoms. The van der Waals surface area contributed by atoms with Gasteiger partial charge >= 0.3 is 0 Å². The zero-order chi connectivity index (χ0) is 22.7. The number of hydrogen-bond acceptors (Lipinski definition) is 7. The molecule has 0 spiro atoms. The van der Waals surface area contributed by atoms with Crippen molar-refractivity contribution in [1.82, 2.24) is 20.2 Å². The van der Waals surface area contributed by atoms with Crippen LogP contribution in [0, 0.1) is 0 Å². The Morgan fingerprint density at radius 2 is 1.84 bits per heavy atom. The molecule has 9 nitrogen and oxygen atoms in total. The highest BCUT2D eigenvalue weighted by Gasteiger charge is 2.20. The van der Waals surface area contributed by atoms with Gasteiger partial charge in [-0.25, -0.2) is 18.2 Å². The van der Waals surface area contributed by atoms with E-state index in [1.54, 1.807) is 7.05 Å². The second kappa shape index (κ2) is 9.39. The van der Waals surface area contributed by atoms with Crippen molar-refractivity contribution in [1.29, 1.82) is 0 Å². The van der Waals surface area contributed by atoms with E-state index in [1.807, 2.05) is 24.3 Å². The number of hydrogen-bond donors (Lipinski definition) is 2. The predicted octanol–water partition coefficient (Wildman–Crippen LogP) is 3.31. The molecule has 0 saturated heterocycles. The number of primary sulfonamides is 1. The van der Waals surface area contributed by atoms with Gasteiger partial charge in [0.1, 0.15) is 0 Å². The molecule has 1 aliphatic carbocycles. The number of amides is 1. The second-order valence-corrected chi connectivity index (χ2v) is 10.4. The number of sulfonamides is 1. The van der Waals surface area contributed by atoms with Crippen LogP contribution in [-0.2, 0) is 17.1 Å². The monoisotopic (exact) mass is 472 g/mol. The summed E-state index contributed by atoms with van der Waals surface area (Å²) in [5.41, 5.74) is 2.08. The largest absolute Gasteiger partial charge is 0.322 e. The summed E-state index contributed by atoms with van der Waals surface area (Å²) >= 11 is 1.16. The molecule has 3 N–H and O–H groups in total. The minimum atomic E-state index is -3.97. The molecular weight excluding hydrogens is 448 g/mol. The maximum Gasteiger partial charge on any atom is 0.256 e. The van der Waals surface area contributed by atoms with Crippen molar-refractivity contribution in [2.45, 2.75) is 53.0 Å². The average molecular weight is 473 g/mol. The van der Waals surface area contributed by atoms with Gasteiger partial charge in [-0.1, -0.05) is 31.4 Å². The van der Waals surface area contributed by atoms with Crippen molar-refractivity contribution in [2.75, 3.05) is 5.32 Å². The van der Waals surface area contributed by atoms with Crippen molar-refractivity contribution in [3.8, 4) is 0 Å². The van der Waals surface area contributed by atoms with Crippen LogP contribution in [0.5, 0.6) is 0 Å². The molecule has 1 aromatic heterocycles. The van der Waals surface area contributed by atoms with Gasteiger partial charge < -0.3 is 5.32 Å². The zero-order valence-corrected chi connectivity index (χ0v) is 19.2. The van der Waals surface area contributed by atoms with Crippen LogP contribution in [0.25, 0.3) is 0 Å². The highest BCUT2D eigenvalue weighted by molar-refractivity contribution is 7.99. The Labute approximate surface area is 190 Å². The lowest BCUT2D eigenvalue weighted by atomic mass is 9.84. The molecule has 4 rings (SSSR count). The number of aryl methyl sites for hydroxylation is 1. The van der Waals surface area contributed by atoms with E-state index in [9.17, 15) is 13.2 Å². The van der Waals surface area contributed by atoms with Crippen molar-refractivity contribution < 1.29 is 13.2 Å². The number of anilines is 1. The molecule has 1 aliphatic rings. The van der Waals surface area contributed by atoms with E-state index in [4.69, 9.17) is 5.14 Å². The Morgan fingerprint density at radius 1 is 1.12 bits per heavy atom. The lowest BCUT2D eigenvalue weighted by Crippen LogP contribution is -2.17. The zero-order valence-electron chi connectivity index (χ0n) is 17.6. The van der Waals surface area contributed by atoms with Gasteiger partial charge in [0, 0.05) is 17.6 Å². The standard InChI is InChI=1S/C21H24N6O3S2/c1-27-21(24-25-26-27)31-19-12-11-17(32(22,29)30)13-18(19)20(28)23-16-9-7-15(8-10-16)14-5-3-2-4-6-14/h7-14H,2-6H2,1H3,(H,23,28)(H2,22,29,30). The van der Waals surface area contributed by atoms with Gasteiger partial charge in [0.05, 0.1) is 10.5 Å². The fourth-order valence-electron chi connectivity index (χ4n) is 3.83. The van der Waals surface area contributed by atoms with Crippen molar-refractivity contribution in [3.05, 3.63) is 53.6 Å². The summed E-state index contributed by atoms with van der Waals surface area (Å²) in [5, 5.41) is 19.9. The van der Waals surface area contributed by atoms with Gasteiger partial charge in [0.15, 0.2) is 0 Å². The minimum absolute atomic E-state index is 0.143. The molecule has 1 amide bonds. The van der Waals surface area contributed by atoms with Crippen LogP contribution < -0.4 is 10.5 Å². The molecule has 0 unspecified atom stereocenters. The summed E-state index contributed by atoms with van der Waals surface area (Å²) in [6.07, 6.45) is 6.20. The fourth-order valence-corrected chi connectivity index (χ4v) is 5.21. The van der Waals surface area contributed by atoms with Crippen molar-refractivity contribution in [2.24, 2.45) is 12.2 Å². The molecular formula is C21H24N6O3S2. The number of carbonyl (C=O) groups excluding carboxylic acids is 1. The number of nitrogens with one attached hydrogen (secondary N) is 1. The lowest BCUT2D eigenvalue weighted by molar-refractivity contribution is 0.102. The van der Waals surface area contributed by atoms with Gasteiger partial charge in [-0.2, -0.15) is 0 Å². The number of carbonyl (C=O) groups is 1. The van der Waals surface area contributed by atoms with E-state index in [1.165, 1.54) is 60.5 Å². The SMILES string of the molecule is Cn1nnnc1Sc1ccc(S(N)(=O)=O)cc1C(=O)Nc1ccc(C2CCCCC2)cc1. The smallest absolute Gasteiger partial charge is 0.256 e. The third-order valence-corrected chi connectivity index (χ3v) is 7.57. The van der Waals surface area contributed by atoms with Crippen LogP contribution in [0.3, 0.4) is 0 Å². The summed E-state index contributed by atoms with van der Waals surface area (Å²) < 4.78 is 25.1. The third-order valence-electron chi connectivity index (χ3n) is 5.55. The number of benzene rings is 2. The summed E-state index contributed by atoms with van der Waals surface area (Å²) in [4.78, 5) is 13.5. The molecule has 0 atom stereocenters. The van der Waals surface area contributed by atoms with E-state index in [0.29, 0.717) is 21.7 Å². The van der Waals surface area contributed by atoms with Gasteiger partial charge in [0.25, 0.3) is 5.91 Å². The first-order chi connectivity index (χ1) is 15.3. The van der Waals surface area contributed by atoms with Crippen LogP contribution in [0.4, 0.5) is 5.69 Å².